The van der Waals surface area contributed by atoms with Crippen molar-refractivity contribution in [3.8, 4) is 0 Å². The summed E-state index contributed by atoms with van der Waals surface area (Å²) in [4.78, 5) is 22.6. The zero-order chi connectivity index (χ0) is 12.3. The summed E-state index contributed by atoms with van der Waals surface area (Å²) in [5, 5.41) is 0. The van der Waals surface area contributed by atoms with Crippen LogP contribution in [0.3, 0.4) is 0 Å². The number of nitrogens with two attached hydrogens (primary N) is 1. The molecule has 0 saturated heterocycles. The van der Waals surface area contributed by atoms with Gasteiger partial charge in [-0.1, -0.05) is 0 Å². The number of hydrogen-bond donors (Lipinski definition) is 1. The molecule has 1 atom stereocenters. The highest BCUT2D eigenvalue weighted by Gasteiger charge is 2.34. The first kappa shape index (κ1) is 13.9. The molecule has 5 nitrogen and oxygen atoms in total. The summed E-state index contributed by atoms with van der Waals surface area (Å²) in [6.45, 7) is 6.67. The fourth-order valence-electron chi connectivity index (χ4n) is 0.983. The molecule has 0 aliphatic heterocycles. The van der Waals surface area contributed by atoms with E-state index in [0.29, 0.717) is 0 Å². The van der Waals surface area contributed by atoms with Crippen molar-refractivity contribution in [2.75, 3.05) is 7.11 Å². The summed E-state index contributed by atoms with van der Waals surface area (Å²) in [6.07, 6.45) is -0.197. The summed E-state index contributed by atoms with van der Waals surface area (Å²) in [7, 11) is 1.22. The van der Waals surface area contributed by atoms with Gasteiger partial charge in [0.1, 0.15) is 11.1 Å². The van der Waals surface area contributed by atoms with Gasteiger partial charge < -0.3 is 15.2 Å². The van der Waals surface area contributed by atoms with Crippen LogP contribution in [0, 0.1) is 0 Å². The van der Waals surface area contributed by atoms with Crippen molar-refractivity contribution < 1.29 is 19.1 Å². The van der Waals surface area contributed by atoms with Crippen LogP contribution in [0.5, 0.6) is 0 Å². The SMILES string of the molecule is COC(=O)C(C)(N)CC(=O)OC(C)(C)C. The summed E-state index contributed by atoms with van der Waals surface area (Å²) in [6, 6.07) is 0. The molecule has 0 fully saturated rings. The monoisotopic (exact) mass is 217 g/mol. The van der Waals surface area contributed by atoms with Crippen molar-refractivity contribution in [3.05, 3.63) is 0 Å². The van der Waals surface area contributed by atoms with Gasteiger partial charge in [0.15, 0.2) is 0 Å². The maximum absolute atomic E-state index is 11.4. The highest BCUT2D eigenvalue weighted by atomic mass is 16.6. The normalized spacial score (nSPS) is 15.3. The molecular formula is C10H19NO4. The molecule has 0 aromatic carbocycles. The van der Waals surface area contributed by atoms with Gasteiger partial charge >= 0.3 is 11.9 Å². The lowest BCUT2D eigenvalue weighted by Gasteiger charge is -2.24. The van der Waals surface area contributed by atoms with Gasteiger partial charge in [0.25, 0.3) is 0 Å². The molecule has 5 heteroatoms. The summed E-state index contributed by atoms with van der Waals surface area (Å²) in [5.41, 5.74) is 3.70. The predicted octanol–water partition coefficient (Wildman–Crippen LogP) is 0.609. The van der Waals surface area contributed by atoms with Gasteiger partial charge in [0, 0.05) is 0 Å². The van der Waals surface area contributed by atoms with Crippen LogP contribution in [-0.2, 0) is 19.1 Å². The molecule has 0 saturated carbocycles. The summed E-state index contributed by atoms with van der Waals surface area (Å²) >= 11 is 0. The Labute approximate surface area is 89.9 Å². The molecule has 0 radical (unpaired) electrons. The van der Waals surface area contributed by atoms with E-state index in [4.69, 9.17) is 10.5 Å². The van der Waals surface area contributed by atoms with Gasteiger partial charge in [0.05, 0.1) is 13.5 Å². The third kappa shape index (κ3) is 5.37. The van der Waals surface area contributed by atoms with Gasteiger partial charge in [-0.05, 0) is 27.7 Å². The Morgan fingerprint density at radius 1 is 1.20 bits per heavy atom. The second-order valence-electron chi connectivity index (χ2n) is 4.67. The zero-order valence-corrected chi connectivity index (χ0v) is 9.92. The van der Waals surface area contributed by atoms with Gasteiger partial charge in [-0.3, -0.25) is 9.59 Å². The molecule has 15 heavy (non-hydrogen) atoms. The van der Waals surface area contributed by atoms with Crippen LogP contribution < -0.4 is 5.73 Å². The van der Waals surface area contributed by atoms with Crippen molar-refractivity contribution in [2.24, 2.45) is 5.73 Å². The molecule has 0 aromatic rings. The molecule has 0 rings (SSSR count). The number of esters is 2. The molecular weight excluding hydrogens is 198 g/mol. The second kappa shape index (κ2) is 4.61. The Morgan fingerprint density at radius 2 is 1.67 bits per heavy atom. The van der Waals surface area contributed by atoms with E-state index in [2.05, 4.69) is 4.74 Å². The van der Waals surface area contributed by atoms with Crippen molar-refractivity contribution in [3.63, 3.8) is 0 Å². The van der Waals surface area contributed by atoms with E-state index in [-0.39, 0.29) is 6.42 Å². The van der Waals surface area contributed by atoms with Crippen molar-refractivity contribution in [2.45, 2.75) is 45.3 Å². The largest absolute Gasteiger partial charge is 0.468 e. The first-order chi connectivity index (χ1) is 6.58. The minimum atomic E-state index is -1.34. The number of rotatable bonds is 3. The molecule has 0 aliphatic rings. The van der Waals surface area contributed by atoms with Gasteiger partial charge in [-0.25, -0.2) is 0 Å². The number of carbonyl (C=O) groups is 2. The van der Waals surface area contributed by atoms with Crippen LogP contribution in [0.4, 0.5) is 0 Å². The highest BCUT2D eigenvalue weighted by Crippen LogP contribution is 2.14. The molecule has 88 valence electrons. The minimum absolute atomic E-state index is 0.197. The molecule has 0 aliphatic carbocycles. The Bertz CT molecular complexity index is 253. The lowest BCUT2D eigenvalue weighted by Crippen LogP contribution is -2.48. The molecule has 0 spiro atoms. The van der Waals surface area contributed by atoms with E-state index >= 15 is 0 Å². The van der Waals surface area contributed by atoms with Crippen LogP contribution in [0.2, 0.25) is 0 Å². The quantitative estimate of drug-likeness (QED) is 0.701. The fourth-order valence-corrected chi connectivity index (χ4v) is 0.983. The molecule has 1 unspecified atom stereocenters. The van der Waals surface area contributed by atoms with E-state index in [0.717, 1.165) is 0 Å². The standard InChI is InChI=1S/C10H19NO4/c1-9(2,3)15-7(12)6-10(4,11)8(13)14-5/h6,11H2,1-5H3. The second-order valence-corrected chi connectivity index (χ2v) is 4.67. The summed E-state index contributed by atoms with van der Waals surface area (Å²) < 4.78 is 9.52. The van der Waals surface area contributed by atoms with Gasteiger partial charge in [-0.2, -0.15) is 0 Å². The predicted molar refractivity (Wildman–Crippen MR) is 55.1 cm³/mol. The first-order valence-corrected chi connectivity index (χ1v) is 4.67. The number of hydrogen-bond acceptors (Lipinski definition) is 5. The van der Waals surface area contributed by atoms with E-state index < -0.39 is 23.1 Å². The number of ether oxygens (including phenoxy) is 2. The Morgan fingerprint density at radius 3 is 2.00 bits per heavy atom. The average Bonchev–Trinajstić information content (AvgIpc) is 1.97. The maximum atomic E-state index is 11.4. The molecule has 2 N–H and O–H groups in total. The molecule has 0 aromatic heterocycles. The van der Waals surface area contributed by atoms with E-state index in [1.54, 1.807) is 20.8 Å². The Kier molecular flexibility index (Phi) is 4.27. The van der Waals surface area contributed by atoms with Crippen molar-refractivity contribution in [1.82, 2.24) is 0 Å². The molecule has 0 heterocycles. The lowest BCUT2D eigenvalue weighted by molar-refractivity contribution is -0.161. The van der Waals surface area contributed by atoms with E-state index in [1.165, 1.54) is 14.0 Å². The summed E-state index contributed by atoms with van der Waals surface area (Å²) in [5.74, 6) is -1.15. The van der Waals surface area contributed by atoms with Crippen molar-refractivity contribution >= 4 is 11.9 Å². The van der Waals surface area contributed by atoms with E-state index in [9.17, 15) is 9.59 Å². The molecule has 0 bridgehead atoms. The van der Waals surface area contributed by atoms with E-state index in [1.807, 2.05) is 0 Å². The molecule has 0 amide bonds. The third-order valence-corrected chi connectivity index (χ3v) is 1.58. The van der Waals surface area contributed by atoms with Crippen LogP contribution in [0.1, 0.15) is 34.1 Å². The average molecular weight is 217 g/mol. The number of methoxy groups -OCH3 is 1. The first-order valence-electron chi connectivity index (χ1n) is 4.67. The van der Waals surface area contributed by atoms with Crippen molar-refractivity contribution in [1.29, 1.82) is 0 Å². The minimum Gasteiger partial charge on any atom is -0.468 e. The van der Waals surface area contributed by atoms with Crippen LogP contribution in [0.25, 0.3) is 0 Å². The topological polar surface area (TPSA) is 78.6 Å². The smallest absolute Gasteiger partial charge is 0.326 e. The van der Waals surface area contributed by atoms with Crippen LogP contribution >= 0.6 is 0 Å². The van der Waals surface area contributed by atoms with Crippen LogP contribution in [0.15, 0.2) is 0 Å². The van der Waals surface area contributed by atoms with Gasteiger partial charge in [0.2, 0.25) is 0 Å². The van der Waals surface area contributed by atoms with Gasteiger partial charge in [-0.15, -0.1) is 0 Å². The third-order valence-electron chi connectivity index (χ3n) is 1.58. The zero-order valence-electron chi connectivity index (χ0n) is 9.92. The Hall–Kier alpha value is -1.10. The Balaban J connectivity index is 4.35. The highest BCUT2D eigenvalue weighted by molar-refractivity contribution is 5.86. The number of carbonyl (C=O) groups excluding carboxylic acids is 2. The lowest BCUT2D eigenvalue weighted by atomic mass is 10.00. The maximum Gasteiger partial charge on any atom is 0.326 e. The van der Waals surface area contributed by atoms with Crippen LogP contribution in [-0.4, -0.2) is 30.2 Å². The fraction of sp³-hybridized carbons (Fsp3) is 0.800.